The van der Waals surface area contributed by atoms with Gasteiger partial charge in [0.05, 0.1) is 11.1 Å². The van der Waals surface area contributed by atoms with Gasteiger partial charge in [-0.05, 0) is 35.4 Å². The third-order valence-electron chi connectivity index (χ3n) is 2.95. The molecule has 2 aromatic rings. The quantitative estimate of drug-likeness (QED) is 0.792. The Hall–Kier alpha value is -2.66. The molecule has 0 saturated carbocycles. The van der Waals surface area contributed by atoms with E-state index in [4.69, 9.17) is 10.2 Å². The van der Waals surface area contributed by atoms with E-state index in [0.29, 0.717) is 11.1 Å². The molecule has 2 rings (SSSR count). The molecule has 0 aromatic heterocycles. The van der Waals surface area contributed by atoms with Gasteiger partial charge in [0.25, 0.3) is 0 Å². The predicted octanol–water partition coefficient (Wildman–Crippen LogP) is 2.16. The van der Waals surface area contributed by atoms with Crippen molar-refractivity contribution in [1.29, 1.82) is 0 Å². The van der Waals surface area contributed by atoms with Crippen LogP contribution < -0.4 is 0 Å². The first-order valence-corrected chi connectivity index (χ1v) is 5.83. The highest BCUT2D eigenvalue weighted by Gasteiger charge is 2.12. The van der Waals surface area contributed by atoms with Crippen molar-refractivity contribution in [3.8, 4) is 0 Å². The molecule has 0 atom stereocenters. The van der Waals surface area contributed by atoms with E-state index in [-0.39, 0.29) is 11.1 Å². The molecule has 20 heavy (non-hydrogen) atoms. The maximum Gasteiger partial charge on any atom is 0.335 e. The Labute approximate surface area is 114 Å². The van der Waals surface area contributed by atoms with E-state index < -0.39 is 18.0 Å². The van der Waals surface area contributed by atoms with Crippen molar-refractivity contribution in [2.75, 3.05) is 0 Å². The van der Waals surface area contributed by atoms with Crippen LogP contribution in [0.5, 0.6) is 0 Å². The van der Waals surface area contributed by atoms with Crippen LogP contribution in [0.3, 0.4) is 0 Å². The fourth-order valence-electron chi connectivity index (χ4n) is 1.81. The standard InChI is InChI=1S/C15H12O5/c16-13(9-1-5-11(6-2-9)14(17)18)10-3-7-12(8-4-10)15(19)20/h1-8,13,16H,(H,17,18)(H,19,20). The number of carboxylic acid groups (broad SMARTS) is 2. The Morgan fingerprint density at radius 2 is 1.00 bits per heavy atom. The molecule has 0 aliphatic heterocycles. The molecular weight excluding hydrogens is 260 g/mol. The first-order chi connectivity index (χ1) is 9.49. The summed E-state index contributed by atoms with van der Waals surface area (Å²) in [7, 11) is 0. The molecule has 0 fully saturated rings. The summed E-state index contributed by atoms with van der Waals surface area (Å²) in [6.45, 7) is 0. The highest BCUT2D eigenvalue weighted by Crippen LogP contribution is 2.22. The molecule has 0 spiro atoms. The van der Waals surface area contributed by atoms with Gasteiger partial charge in [-0.1, -0.05) is 24.3 Å². The molecule has 0 unspecified atom stereocenters. The Kier molecular flexibility index (Phi) is 3.81. The van der Waals surface area contributed by atoms with Crippen molar-refractivity contribution in [3.05, 3.63) is 70.8 Å². The lowest BCUT2D eigenvalue weighted by atomic mass is 9.99. The second-order valence-electron chi connectivity index (χ2n) is 4.26. The molecule has 0 heterocycles. The largest absolute Gasteiger partial charge is 0.478 e. The maximum absolute atomic E-state index is 10.7. The first-order valence-electron chi connectivity index (χ1n) is 5.83. The summed E-state index contributed by atoms with van der Waals surface area (Å²) in [6.07, 6.45) is -0.930. The summed E-state index contributed by atoms with van der Waals surface area (Å²) < 4.78 is 0. The van der Waals surface area contributed by atoms with Crippen LogP contribution >= 0.6 is 0 Å². The number of carbonyl (C=O) groups is 2. The third kappa shape index (κ3) is 2.84. The summed E-state index contributed by atoms with van der Waals surface area (Å²) in [6, 6.07) is 11.7. The molecule has 0 amide bonds. The Morgan fingerprint density at radius 1 is 0.700 bits per heavy atom. The summed E-state index contributed by atoms with van der Waals surface area (Å²) in [5, 5.41) is 27.7. The summed E-state index contributed by atoms with van der Waals surface area (Å²) in [5.41, 5.74) is 1.36. The molecular formula is C15H12O5. The van der Waals surface area contributed by atoms with Crippen LogP contribution in [0.25, 0.3) is 0 Å². The lowest BCUT2D eigenvalue weighted by molar-refractivity contribution is 0.0686. The number of benzene rings is 2. The van der Waals surface area contributed by atoms with Crippen molar-refractivity contribution in [2.45, 2.75) is 6.10 Å². The molecule has 102 valence electrons. The number of aromatic carboxylic acids is 2. The minimum absolute atomic E-state index is 0.141. The summed E-state index contributed by atoms with van der Waals surface area (Å²) in [5.74, 6) is -2.06. The van der Waals surface area contributed by atoms with E-state index in [9.17, 15) is 14.7 Å². The molecule has 3 N–H and O–H groups in total. The minimum atomic E-state index is -1.03. The second kappa shape index (κ2) is 5.54. The van der Waals surface area contributed by atoms with E-state index in [1.165, 1.54) is 48.5 Å². The highest BCUT2D eigenvalue weighted by atomic mass is 16.4. The zero-order valence-electron chi connectivity index (χ0n) is 10.4. The van der Waals surface area contributed by atoms with Gasteiger partial charge < -0.3 is 15.3 Å². The molecule has 0 radical (unpaired) electrons. The van der Waals surface area contributed by atoms with Crippen molar-refractivity contribution < 1.29 is 24.9 Å². The van der Waals surface area contributed by atoms with Crippen LogP contribution in [0.1, 0.15) is 37.9 Å². The SMILES string of the molecule is O=C(O)c1ccc(C(O)c2ccc(C(=O)O)cc2)cc1. The second-order valence-corrected chi connectivity index (χ2v) is 4.26. The van der Waals surface area contributed by atoms with Gasteiger partial charge >= 0.3 is 11.9 Å². The van der Waals surface area contributed by atoms with E-state index in [2.05, 4.69) is 0 Å². The predicted molar refractivity (Wildman–Crippen MR) is 70.9 cm³/mol. The third-order valence-corrected chi connectivity index (χ3v) is 2.95. The first kappa shape index (κ1) is 13.8. The lowest BCUT2D eigenvalue weighted by Crippen LogP contribution is -2.03. The molecule has 5 heteroatoms. The number of aliphatic hydroxyl groups is 1. The van der Waals surface area contributed by atoms with E-state index in [1.807, 2.05) is 0 Å². The van der Waals surface area contributed by atoms with Gasteiger partial charge in [0, 0.05) is 0 Å². The monoisotopic (exact) mass is 272 g/mol. The average Bonchev–Trinajstić information content (AvgIpc) is 2.46. The summed E-state index contributed by atoms with van der Waals surface area (Å²) >= 11 is 0. The van der Waals surface area contributed by atoms with Gasteiger partial charge in [0.2, 0.25) is 0 Å². The molecule has 5 nitrogen and oxygen atoms in total. The van der Waals surface area contributed by atoms with Gasteiger partial charge in [-0.3, -0.25) is 0 Å². The topological polar surface area (TPSA) is 94.8 Å². The van der Waals surface area contributed by atoms with Crippen LogP contribution in [0.15, 0.2) is 48.5 Å². The highest BCUT2D eigenvalue weighted by molar-refractivity contribution is 5.88. The van der Waals surface area contributed by atoms with Gasteiger partial charge in [-0.25, -0.2) is 9.59 Å². The zero-order valence-corrected chi connectivity index (χ0v) is 10.4. The van der Waals surface area contributed by atoms with Crippen molar-refractivity contribution in [3.63, 3.8) is 0 Å². The van der Waals surface area contributed by atoms with Crippen molar-refractivity contribution in [1.82, 2.24) is 0 Å². The van der Waals surface area contributed by atoms with Gasteiger partial charge in [0.1, 0.15) is 6.10 Å². The Bertz CT molecular complexity index is 571. The number of carboxylic acids is 2. The van der Waals surface area contributed by atoms with Crippen LogP contribution in [-0.4, -0.2) is 27.3 Å². The number of hydrogen-bond acceptors (Lipinski definition) is 3. The Balaban J connectivity index is 2.24. The van der Waals surface area contributed by atoms with Crippen LogP contribution in [-0.2, 0) is 0 Å². The van der Waals surface area contributed by atoms with Crippen molar-refractivity contribution >= 4 is 11.9 Å². The van der Waals surface area contributed by atoms with E-state index >= 15 is 0 Å². The van der Waals surface area contributed by atoms with Gasteiger partial charge in [0.15, 0.2) is 0 Å². The van der Waals surface area contributed by atoms with Crippen LogP contribution in [0.4, 0.5) is 0 Å². The van der Waals surface area contributed by atoms with Crippen LogP contribution in [0.2, 0.25) is 0 Å². The molecule has 0 saturated heterocycles. The molecule has 0 bridgehead atoms. The lowest BCUT2D eigenvalue weighted by Gasteiger charge is -2.12. The molecule has 0 aliphatic carbocycles. The molecule has 0 aliphatic rings. The number of rotatable bonds is 4. The van der Waals surface area contributed by atoms with E-state index in [0.717, 1.165) is 0 Å². The Morgan fingerprint density at radius 3 is 1.25 bits per heavy atom. The summed E-state index contributed by atoms with van der Waals surface area (Å²) in [4.78, 5) is 21.5. The maximum atomic E-state index is 10.7. The number of hydrogen-bond donors (Lipinski definition) is 3. The molecule has 2 aromatic carbocycles. The smallest absolute Gasteiger partial charge is 0.335 e. The zero-order chi connectivity index (χ0) is 14.7. The average molecular weight is 272 g/mol. The van der Waals surface area contributed by atoms with Gasteiger partial charge in [-0.2, -0.15) is 0 Å². The van der Waals surface area contributed by atoms with Crippen molar-refractivity contribution in [2.24, 2.45) is 0 Å². The normalized spacial score (nSPS) is 10.5. The fraction of sp³-hybridized carbons (Fsp3) is 0.0667. The van der Waals surface area contributed by atoms with Crippen LogP contribution in [0, 0.1) is 0 Å². The van der Waals surface area contributed by atoms with E-state index in [1.54, 1.807) is 0 Å². The number of aliphatic hydroxyl groups excluding tert-OH is 1. The fourth-order valence-corrected chi connectivity index (χ4v) is 1.81. The minimum Gasteiger partial charge on any atom is -0.478 e. The van der Waals surface area contributed by atoms with Gasteiger partial charge in [-0.15, -0.1) is 0 Å².